The van der Waals surface area contributed by atoms with Crippen LogP contribution in [0.15, 0.2) is 51.9 Å². The van der Waals surface area contributed by atoms with Crippen LogP contribution in [0.4, 0.5) is 0 Å². The Morgan fingerprint density at radius 3 is 2.83 bits per heavy atom. The van der Waals surface area contributed by atoms with Crippen LogP contribution in [0.5, 0.6) is 0 Å². The second kappa shape index (κ2) is 9.39. The highest BCUT2D eigenvalue weighted by molar-refractivity contribution is 5.79. The highest BCUT2D eigenvalue weighted by atomic mass is 16.5. The maximum Gasteiger partial charge on any atom is 0.253 e. The van der Waals surface area contributed by atoms with Crippen molar-refractivity contribution in [2.75, 3.05) is 13.2 Å². The normalized spacial score (nSPS) is 17.5. The van der Waals surface area contributed by atoms with E-state index in [1.54, 1.807) is 6.26 Å². The van der Waals surface area contributed by atoms with Gasteiger partial charge in [-0.1, -0.05) is 11.6 Å². The van der Waals surface area contributed by atoms with Gasteiger partial charge in [-0.05, 0) is 86.7 Å². The lowest BCUT2D eigenvalue weighted by Crippen LogP contribution is -2.40. The molecule has 0 saturated carbocycles. The average Bonchev–Trinajstić information content (AvgIpc) is 3.57. The van der Waals surface area contributed by atoms with Crippen LogP contribution >= 0.6 is 0 Å². The van der Waals surface area contributed by atoms with Gasteiger partial charge in [-0.3, -0.25) is 9.69 Å². The van der Waals surface area contributed by atoms with Crippen LogP contribution in [0.1, 0.15) is 62.4 Å². The minimum atomic E-state index is -0.507. The summed E-state index contributed by atoms with van der Waals surface area (Å²) in [5.74, 6) is 1.41. The summed E-state index contributed by atoms with van der Waals surface area (Å²) >= 11 is 0. The van der Waals surface area contributed by atoms with Crippen molar-refractivity contribution in [1.29, 1.82) is 0 Å². The molecule has 1 N–H and O–H groups in total. The van der Waals surface area contributed by atoms with Crippen LogP contribution in [-0.4, -0.2) is 49.3 Å². The molecule has 5 rings (SSSR count). The molecular formula is C26H32N6O3. The molecule has 1 fully saturated rings. The first-order valence-corrected chi connectivity index (χ1v) is 12.1. The topological polar surface area (TPSA) is 102 Å². The molecule has 1 aliphatic rings. The number of ether oxygens (including phenoxy) is 1. The van der Waals surface area contributed by atoms with Gasteiger partial charge in [0.15, 0.2) is 5.82 Å². The van der Waals surface area contributed by atoms with Crippen molar-refractivity contribution in [2.45, 2.75) is 64.8 Å². The lowest BCUT2D eigenvalue weighted by Gasteiger charge is -2.33. The largest absolute Gasteiger partial charge is 0.468 e. The predicted octanol–water partition coefficient (Wildman–Crippen LogP) is 3.94. The number of pyridine rings is 1. The zero-order valence-electron chi connectivity index (χ0n) is 20.7. The van der Waals surface area contributed by atoms with Gasteiger partial charge in [0.2, 0.25) is 0 Å². The molecule has 0 spiro atoms. The van der Waals surface area contributed by atoms with Gasteiger partial charge >= 0.3 is 0 Å². The average molecular weight is 477 g/mol. The van der Waals surface area contributed by atoms with Gasteiger partial charge in [-0.25, -0.2) is 4.68 Å². The summed E-state index contributed by atoms with van der Waals surface area (Å²) in [5.41, 5.74) is 1.98. The lowest BCUT2D eigenvalue weighted by atomic mass is 10.0. The van der Waals surface area contributed by atoms with E-state index >= 15 is 0 Å². The van der Waals surface area contributed by atoms with Crippen molar-refractivity contribution in [2.24, 2.45) is 0 Å². The van der Waals surface area contributed by atoms with E-state index in [0.717, 1.165) is 41.7 Å². The first kappa shape index (κ1) is 23.4. The van der Waals surface area contributed by atoms with Crippen LogP contribution in [0.3, 0.4) is 0 Å². The molecule has 4 aromatic rings. The standard InChI is InChI=1S/C26H32N6O3/c1-17-9-10-22-18(13-17)14-21(25(33)27-22)23(24-28-29-30-32(24)26(2,3)4)31(15-19-7-5-11-34-19)16-20-8-6-12-35-20/h5,7,9-11,13-14,20,23H,6,8,12,15-16H2,1-4H3,(H,27,33)/t20-,23-/m0/s1. The Morgan fingerprint density at radius 2 is 2.11 bits per heavy atom. The molecule has 0 unspecified atom stereocenters. The van der Waals surface area contributed by atoms with Gasteiger partial charge in [-0.15, -0.1) is 5.10 Å². The van der Waals surface area contributed by atoms with Crippen molar-refractivity contribution in [3.63, 3.8) is 0 Å². The summed E-state index contributed by atoms with van der Waals surface area (Å²) in [6.45, 7) is 10.0. The summed E-state index contributed by atoms with van der Waals surface area (Å²) in [6.07, 6.45) is 3.73. The fraction of sp³-hybridized carbons (Fsp3) is 0.462. The van der Waals surface area contributed by atoms with Gasteiger partial charge in [0, 0.05) is 24.2 Å². The summed E-state index contributed by atoms with van der Waals surface area (Å²) in [4.78, 5) is 18.8. The van der Waals surface area contributed by atoms with Gasteiger partial charge in [0.05, 0.1) is 24.5 Å². The molecule has 35 heavy (non-hydrogen) atoms. The highest BCUT2D eigenvalue weighted by Gasteiger charge is 2.35. The number of fused-ring (bicyclic) bond motifs is 1. The molecule has 4 heterocycles. The van der Waals surface area contributed by atoms with Crippen molar-refractivity contribution in [3.8, 4) is 0 Å². The Hall–Kier alpha value is -3.30. The Kier molecular flexibility index (Phi) is 6.29. The van der Waals surface area contributed by atoms with Crippen LogP contribution in [0.25, 0.3) is 10.9 Å². The molecule has 9 heteroatoms. The number of hydrogen-bond acceptors (Lipinski definition) is 7. The third kappa shape index (κ3) is 4.92. The zero-order valence-corrected chi connectivity index (χ0v) is 20.7. The van der Waals surface area contributed by atoms with Gasteiger partial charge in [0.1, 0.15) is 11.8 Å². The van der Waals surface area contributed by atoms with Crippen LogP contribution in [-0.2, 0) is 16.8 Å². The minimum Gasteiger partial charge on any atom is -0.468 e. The Balaban J connectivity index is 1.69. The van der Waals surface area contributed by atoms with E-state index in [-0.39, 0.29) is 17.2 Å². The summed E-state index contributed by atoms with van der Waals surface area (Å²) in [6, 6.07) is 11.3. The van der Waals surface area contributed by atoms with Gasteiger partial charge in [0.25, 0.3) is 5.56 Å². The van der Waals surface area contributed by atoms with Crippen molar-refractivity contribution in [3.05, 3.63) is 75.7 Å². The molecule has 184 valence electrons. The first-order chi connectivity index (χ1) is 16.8. The number of nitrogens with zero attached hydrogens (tertiary/aromatic N) is 5. The lowest BCUT2D eigenvalue weighted by molar-refractivity contribution is 0.0536. The molecule has 0 aliphatic carbocycles. The van der Waals surface area contributed by atoms with Gasteiger partial charge in [-0.2, -0.15) is 0 Å². The maximum absolute atomic E-state index is 13.5. The molecule has 1 aliphatic heterocycles. The third-order valence-electron chi connectivity index (χ3n) is 6.46. The summed E-state index contributed by atoms with van der Waals surface area (Å²) < 4.78 is 13.5. The number of aromatic nitrogens is 5. The molecule has 2 atom stereocenters. The van der Waals surface area contributed by atoms with E-state index < -0.39 is 6.04 Å². The second-order valence-corrected chi connectivity index (χ2v) is 10.3. The van der Waals surface area contributed by atoms with Crippen LogP contribution in [0.2, 0.25) is 0 Å². The number of hydrogen-bond donors (Lipinski definition) is 1. The number of nitrogens with one attached hydrogen (secondary N) is 1. The van der Waals surface area contributed by atoms with Crippen LogP contribution in [0, 0.1) is 6.92 Å². The van der Waals surface area contributed by atoms with Crippen molar-refractivity contribution < 1.29 is 9.15 Å². The molecule has 0 bridgehead atoms. The highest BCUT2D eigenvalue weighted by Crippen LogP contribution is 2.32. The number of rotatable bonds is 7. The van der Waals surface area contributed by atoms with E-state index in [2.05, 4.69) is 52.2 Å². The number of tetrazole rings is 1. The number of benzene rings is 1. The summed E-state index contributed by atoms with van der Waals surface area (Å²) in [7, 11) is 0. The molecule has 3 aromatic heterocycles. The van der Waals surface area contributed by atoms with Crippen molar-refractivity contribution in [1.82, 2.24) is 30.1 Å². The van der Waals surface area contributed by atoms with E-state index in [0.29, 0.717) is 24.5 Å². The molecule has 0 radical (unpaired) electrons. The van der Waals surface area contributed by atoms with Crippen molar-refractivity contribution >= 4 is 10.9 Å². The second-order valence-electron chi connectivity index (χ2n) is 10.3. The Labute approximate surface area is 204 Å². The molecule has 0 amide bonds. The number of H-pyrrole nitrogens is 1. The van der Waals surface area contributed by atoms with Gasteiger partial charge < -0.3 is 14.1 Å². The maximum atomic E-state index is 13.5. The molecule has 1 aromatic carbocycles. The smallest absolute Gasteiger partial charge is 0.253 e. The van der Waals surface area contributed by atoms with E-state index in [4.69, 9.17) is 9.15 Å². The van der Waals surface area contributed by atoms with E-state index in [1.807, 2.05) is 41.9 Å². The molecule has 1 saturated heterocycles. The van der Waals surface area contributed by atoms with Crippen LogP contribution < -0.4 is 5.56 Å². The SMILES string of the molecule is Cc1ccc2[nH]c(=O)c([C@@H](c3nnnn3C(C)(C)C)N(Cc3ccco3)C[C@@H]3CCCO3)cc2c1. The van der Waals surface area contributed by atoms with E-state index in [1.165, 1.54) is 0 Å². The number of aromatic amines is 1. The predicted molar refractivity (Wildman–Crippen MR) is 132 cm³/mol. The summed E-state index contributed by atoms with van der Waals surface area (Å²) in [5, 5.41) is 13.8. The fourth-order valence-electron chi connectivity index (χ4n) is 4.80. The zero-order chi connectivity index (χ0) is 24.6. The molecular weight excluding hydrogens is 444 g/mol. The Bertz CT molecular complexity index is 1350. The number of aryl methyl sites for hydroxylation is 1. The monoisotopic (exact) mass is 476 g/mol. The number of furan rings is 1. The van der Waals surface area contributed by atoms with E-state index in [9.17, 15) is 4.79 Å². The first-order valence-electron chi connectivity index (χ1n) is 12.1. The third-order valence-corrected chi connectivity index (χ3v) is 6.46. The Morgan fingerprint density at radius 1 is 1.26 bits per heavy atom. The minimum absolute atomic E-state index is 0.0632. The molecule has 9 nitrogen and oxygen atoms in total. The quantitative estimate of drug-likeness (QED) is 0.431. The fourth-order valence-corrected chi connectivity index (χ4v) is 4.80.